The van der Waals surface area contributed by atoms with Crippen molar-refractivity contribution in [1.82, 2.24) is 0 Å². The maximum Gasteiger partial charge on any atom is 0.343 e. The summed E-state index contributed by atoms with van der Waals surface area (Å²) in [7, 11) is -0.415. The third-order valence-electron chi connectivity index (χ3n) is 6.77. The Bertz CT molecular complexity index is 875. The molecule has 3 rings (SSSR count). The Labute approximate surface area is 165 Å². The third-order valence-corrected chi connectivity index (χ3v) is 8.28. The van der Waals surface area contributed by atoms with Gasteiger partial charge in [-0.1, -0.05) is 50.8 Å². The first-order valence-electron chi connectivity index (χ1n) is 10.2. The SMILES string of the molecule is C=C[n+]1c2cccc1C(CC)([PH+]=O)C(C)(CC)c1ccc(CCCC)cc1-2. The van der Waals surface area contributed by atoms with Crippen molar-refractivity contribution in [1.29, 1.82) is 0 Å². The molecular formula is C24H32NOP+2. The van der Waals surface area contributed by atoms with Crippen LogP contribution >= 0.6 is 8.46 Å². The van der Waals surface area contributed by atoms with Crippen molar-refractivity contribution in [3.05, 3.63) is 59.8 Å². The quantitative estimate of drug-likeness (QED) is 0.402. The van der Waals surface area contributed by atoms with Crippen LogP contribution in [0.1, 0.15) is 70.2 Å². The lowest BCUT2D eigenvalue weighted by Gasteiger charge is -2.36. The molecule has 2 bridgehead atoms. The van der Waals surface area contributed by atoms with E-state index in [0.717, 1.165) is 30.7 Å². The maximum atomic E-state index is 12.8. The molecule has 0 saturated carbocycles. The third kappa shape index (κ3) is 2.81. The highest BCUT2D eigenvalue weighted by Gasteiger charge is 2.62. The fraction of sp³-hybridized carbons (Fsp3) is 0.458. The molecule has 2 nitrogen and oxygen atoms in total. The molecule has 27 heavy (non-hydrogen) atoms. The molecular weight excluding hydrogens is 349 g/mol. The molecule has 142 valence electrons. The van der Waals surface area contributed by atoms with Gasteiger partial charge in [-0.25, -0.2) is 0 Å². The molecule has 0 aliphatic carbocycles. The van der Waals surface area contributed by atoms with E-state index < -0.39 is 13.6 Å². The summed E-state index contributed by atoms with van der Waals surface area (Å²) in [6.45, 7) is 13.0. The van der Waals surface area contributed by atoms with Crippen LogP contribution in [0.2, 0.25) is 0 Å². The zero-order valence-electron chi connectivity index (χ0n) is 17.1. The van der Waals surface area contributed by atoms with Crippen LogP contribution in [0, 0.1) is 0 Å². The number of aryl methyl sites for hydroxylation is 1. The van der Waals surface area contributed by atoms with Gasteiger partial charge >= 0.3 is 8.46 Å². The second-order valence-corrected chi connectivity index (χ2v) is 8.94. The first-order valence-corrected chi connectivity index (χ1v) is 11.1. The zero-order valence-corrected chi connectivity index (χ0v) is 18.1. The van der Waals surface area contributed by atoms with Crippen LogP contribution in [-0.2, 0) is 21.6 Å². The number of unbranched alkanes of at least 4 members (excludes halogenated alkanes) is 1. The molecule has 3 heteroatoms. The lowest BCUT2D eigenvalue weighted by Crippen LogP contribution is -2.48. The second-order valence-electron chi connectivity index (χ2n) is 7.88. The zero-order chi connectivity index (χ0) is 19.7. The molecule has 1 aromatic carbocycles. The van der Waals surface area contributed by atoms with Gasteiger partial charge in [-0.3, -0.25) is 0 Å². The van der Waals surface area contributed by atoms with Crippen molar-refractivity contribution < 1.29 is 9.13 Å². The molecule has 0 radical (unpaired) electrons. The van der Waals surface area contributed by atoms with Gasteiger partial charge in [0.25, 0.3) is 5.16 Å². The van der Waals surface area contributed by atoms with Crippen LogP contribution < -0.4 is 4.57 Å². The van der Waals surface area contributed by atoms with Gasteiger partial charge in [-0.15, -0.1) is 0 Å². The summed E-state index contributed by atoms with van der Waals surface area (Å²) in [5, 5.41) is -0.428. The van der Waals surface area contributed by atoms with Crippen molar-refractivity contribution in [3.8, 4) is 11.3 Å². The van der Waals surface area contributed by atoms with Crippen LogP contribution in [0.3, 0.4) is 0 Å². The van der Waals surface area contributed by atoms with E-state index in [1.165, 1.54) is 29.5 Å². The normalized spacial score (nSPS) is 23.7. The molecule has 3 atom stereocenters. The molecule has 0 amide bonds. The average Bonchev–Trinajstić information content (AvgIpc) is 2.75. The van der Waals surface area contributed by atoms with E-state index in [9.17, 15) is 4.57 Å². The van der Waals surface area contributed by atoms with Crippen LogP contribution in [0.5, 0.6) is 0 Å². The van der Waals surface area contributed by atoms with Crippen LogP contribution in [-0.4, -0.2) is 0 Å². The fourth-order valence-corrected chi connectivity index (χ4v) is 5.91. The molecule has 2 heterocycles. The molecule has 0 spiro atoms. The Morgan fingerprint density at radius 3 is 2.52 bits per heavy atom. The van der Waals surface area contributed by atoms with E-state index in [4.69, 9.17) is 0 Å². The van der Waals surface area contributed by atoms with Crippen LogP contribution in [0.25, 0.3) is 17.5 Å². The molecule has 1 aliphatic rings. The standard InChI is InChI=1S/C24H31NOP/c1-6-10-12-18-15-16-20-19(17-18)21-13-11-14-22(25(21)9-4)24(8-3,27-26)23(20,5)7-2/h9,11,13-17H,4,6-8,10,12H2,1-3,5H3/q+1/p+1. The molecule has 3 unspecified atom stereocenters. The first kappa shape index (κ1) is 20.0. The number of benzene rings is 1. The highest BCUT2D eigenvalue weighted by Crippen LogP contribution is 2.57. The van der Waals surface area contributed by atoms with E-state index in [1.807, 2.05) is 6.20 Å². The summed E-state index contributed by atoms with van der Waals surface area (Å²) in [5.41, 5.74) is 6.02. The Balaban J connectivity index is 2.42. The highest BCUT2D eigenvalue weighted by atomic mass is 31.1. The number of hydrogen-bond acceptors (Lipinski definition) is 1. The minimum absolute atomic E-state index is 0.207. The number of pyridine rings is 1. The first-order chi connectivity index (χ1) is 13.0. The predicted octanol–water partition coefficient (Wildman–Crippen LogP) is 6.39. The van der Waals surface area contributed by atoms with E-state index >= 15 is 0 Å². The lowest BCUT2D eigenvalue weighted by atomic mass is 9.66. The predicted molar refractivity (Wildman–Crippen MR) is 116 cm³/mol. The smallest absolute Gasteiger partial charge is 0.160 e. The summed E-state index contributed by atoms with van der Waals surface area (Å²) < 4.78 is 15.0. The van der Waals surface area contributed by atoms with Crippen LogP contribution in [0.15, 0.2) is 43.0 Å². The summed E-state index contributed by atoms with van der Waals surface area (Å²) in [4.78, 5) is 0. The van der Waals surface area contributed by atoms with Gasteiger partial charge in [0.2, 0.25) is 11.4 Å². The molecule has 0 saturated heterocycles. The van der Waals surface area contributed by atoms with Crippen molar-refractivity contribution in [2.24, 2.45) is 0 Å². The average molecular weight is 382 g/mol. The van der Waals surface area contributed by atoms with Gasteiger partial charge in [0.15, 0.2) is 6.20 Å². The number of rotatable bonds is 7. The molecule has 1 aliphatic heterocycles. The van der Waals surface area contributed by atoms with Crippen molar-refractivity contribution in [2.75, 3.05) is 0 Å². The van der Waals surface area contributed by atoms with Crippen molar-refractivity contribution in [3.63, 3.8) is 0 Å². The van der Waals surface area contributed by atoms with E-state index in [0.29, 0.717) is 0 Å². The minimum Gasteiger partial charge on any atom is -0.160 e. The van der Waals surface area contributed by atoms with Crippen molar-refractivity contribution in [2.45, 2.75) is 70.4 Å². The Hall–Kier alpha value is -1.79. The largest absolute Gasteiger partial charge is 0.343 e. The maximum absolute atomic E-state index is 12.8. The van der Waals surface area contributed by atoms with Gasteiger partial charge in [0, 0.05) is 18.6 Å². The Morgan fingerprint density at radius 2 is 1.93 bits per heavy atom. The summed E-state index contributed by atoms with van der Waals surface area (Å²) in [5.74, 6) is 0. The van der Waals surface area contributed by atoms with Gasteiger partial charge in [-0.2, -0.15) is 4.57 Å². The lowest BCUT2D eigenvalue weighted by molar-refractivity contribution is -0.568. The number of hydrogen-bond donors (Lipinski definition) is 0. The van der Waals surface area contributed by atoms with E-state index in [1.54, 1.807) is 0 Å². The highest BCUT2D eigenvalue weighted by molar-refractivity contribution is 7.25. The van der Waals surface area contributed by atoms with Gasteiger partial charge < -0.3 is 0 Å². The van der Waals surface area contributed by atoms with Crippen LogP contribution in [0.4, 0.5) is 0 Å². The van der Waals surface area contributed by atoms with Gasteiger partial charge in [0.1, 0.15) is 0 Å². The van der Waals surface area contributed by atoms with E-state index in [2.05, 4.69) is 75.2 Å². The summed E-state index contributed by atoms with van der Waals surface area (Å²) in [6.07, 6.45) is 7.15. The Morgan fingerprint density at radius 1 is 1.15 bits per heavy atom. The number of nitrogens with zero attached hydrogens (tertiary/aromatic N) is 1. The minimum atomic E-state index is -0.428. The molecule has 1 aromatic heterocycles. The second kappa shape index (κ2) is 7.68. The number of fused-ring (bicyclic) bond motifs is 4. The monoisotopic (exact) mass is 381 g/mol. The molecule has 0 N–H and O–H groups in total. The Kier molecular flexibility index (Phi) is 5.68. The topological polar surface area (TPSA) is 20.9 Å². The summed E-state index contributed by atoms with van der Waals surface area (Å²) >= 11 is 0. The number of aromatic nitrogens is 1. The van der Waals surface area contributed by atoms with Crippen molar-refractivity contribution >= 4 is 14.7 Å². The summed E-state index contributed by atoms with van der Waals surface area (Å²) in [6, 6.07) is 13.4. The van der Waals surface area contributed by atoms with E-state index in [-0.39, 0.29) is 5.41 Å². The van der Waals surface area contributed by atoms with Gasteiger partial charge in [0.05, 0.1) is 11.0 Å². The molecule has 2 aromatic rings. The van der Waals surface area contributed by atoms with Gasteiger partial charge in [-0.05, 0) is 49.1 Å². The molecule has 0 fully saturated rings. The fourth-order valence-electron chi connectivity index (χ4n) is 4.92.